The maximum atomic E-state index is 10.6. The van der Waals surface area contributed by atoms with E-state index in [1.807, 2.05) is 71.3 Å². The number of hydrogen-bond acceptors (Lipinski definition) is 5. The van der Waals surface area contributed by atoms with E-state index in [0.29, 0.717) is 19.7 Å². The van der Waals surface area contributed by atoms with Crippen LogP contribution in [0.4, 0.5) is 5.95 Å². The number of para-hydroxylation sites is 2. The number of aromatic nitrogens is 2. The van der Waals surface area contributed by atoms with Crippen molar-refractivity contribution in [2.24, 2.45) is 0 Å². The average Bonchev–Trinajstić information content (AvgIpc) is 3.16. The van der Waals surface area contributed by atoms with Crippen LogP contribution in [0.1, 0.15) is 11.1 Å². The minimum absolute atomic E-state index is 0.233. The summed E-state index contributed by atoms with van der Waals surface area (Å²) in [6.07, 6.45) is -0.659. The molecule has 0 amide bonds. The Labute approximate surface area is 182 Å². The highest BCUT2D eigenvalue weighted by Crippen LogP contribution is 2.21. The van der Waals surface area contributed by atoms with E-state index in [0.717, 1.165) is 28.3 Å². The van der Waals surface area contributed by atoms with E-state index >= 15 is 0 Å². The minimum Gasteiger partial charge on any atom is -0.497 e. The fourth-order valence-electron chi connectivity index (χ4n) is 3.47. The van der Waals surface area contributed by atoms with Crippen molar-refractivity contribution in [1.29, 1.82) is 0 Å². The molecule has 1 atom stereocenters. The molecule has 2 N–H and O–H groups in total. The Morgan fingerprint density at radius 3 is 2.45 bits per heavy atom. The molecule has 0 saturated heterocycles. The second-order valence-electron chi connectivity index (χ2n) is 7.39. The van der Waals surface area contributed by atoms with Crippen molar-refractivity contribution >= 4 is 17.0 Å². The summed E-state index contributed by atoms with van der Waals surface area (Å²) < 4.78 is 12.9. The van der Waals surface area contributed by atoms with Crippen molar-refractivity contribution < 1.29 is 14.6 Å². The van der Waals surface area contributed by atoms with E-state index in [9.17, 15) is 5.11 Å². The SMILES string of the molecule is COc1ccc(COCC(O)Cn2c(NCc3ccccc3)nc3ccccc32)cc1. The number of hydrogen-bond donors (Lipinski definition) is 2. The van der Waals surface area contributed by atoms with Gasteiger partial charge in [0, 0.05) is 6.54 Å². The molecule has 160 valence electrons. The zero-order chi connectivity index (χ0) is 21.5. The molecule has 1 aromatic heterocycles. The summed E-state index contributed by atoms with van der Waals surface area (Å²) in [6.45, 7) is 1.72. The number of ether oxygens (including phenoxy) is 2. The predicted molar refractivity (Wildman–Crippen MR) is 122 cm³/mol. The van der Waals surface area contributed by atoms with E-state index in [-0.39, 0.29) is 6.61 Å². The molecule has 4 rings (SSSR count). The first-order valence-electron chi connectivity index (χ1n) is 10.3. The smallest absolute Gasteiger partial charge is 0.204 e. The fourth-order valence-corrected chi connectivity index (χ4v) is 3.47. The highest BCUT2D eigenvalue weighted by atomic mass is 16.5. The van der Waals surface area contributed by atoms with Gasteiger partial charge >= 0.3 is 0 Å². The van der Waals surface area contributed by atoms with Crippen LogP contribution in [0, 0.1) is 0 Å². The Balaban J connectivity index is 1.39. The predicted octanol–water partition coefficient (Wildman–Crippen LogP) is 4.23. The van der Waals surface area contributed by atoms with Gasteiger partial charge in [0.15, 0.2) is 0 Å². The standard InChI is InChI=1S/C25H27N3O3/c1-30-22-13-11-20(12-14-22)17-31-18-21(29)16-28-24-10-6-5-9-23(24)27-25(28)26-15-19-7-3-2-4-8-19/h2-14,21,29H,15-18H2,1H3,(H,26,27). The molecule has 6 nitrogen and oxygen atoms in total. The molecule has 31 heavy (non-hydrogen) atoms. The van der Waals surface area contributed by atoms with Crippen LogP contribution < -0.4 is 10.1 Å². The molecule has 0 aliphatic rings. The van der Waals surface area contributed by atoms with Gasteiger partial charge < -0.3 is 24.5 Å². The van der Waals surface area contributed by atoms with Gasteiger partial charge in [-0.1, -0.05) is 54.6 Å². The fraction of sp³-hybridized carbons (Fsp3) is 0.240. The van der Waals surface area contributed by atoms with Crippen LogP contribution in [0.5, 0.6) is 5.75 Å². The number of rotatable bonds is 10. The summed E-state index contributed by atoms with van der Waals surface area (Å²) in [6, 6.07) is 25.8. The number of nitrogens with zero attached hydrogens (tertiary/aromatic N) is 2. The van der Waals surface area contributed by atoms with Crippen LogP contribution in [0.3, 0.4) is 0 Å². The van der Waals surface area contributed by atoms with Crippen molar-refractivity contribution in [2.45, 2.75) is 25.8 Å². The largest absolute Gasteiger partial charge is 0.497 e. The monoisotopic (exact) mass is 417 g/mol. The van der Waals surface area contributed by atoms with Crippen LogP contribution in [0.15, 0.2) is 78.9 Å². The van der Waals surface area contributed by atoms with Gasteiger partial charge in [-0.2, -0.15) is 0 Å². The highest BCUT2D eigenvalue weighted by Gasteiger charge is 2.14. The van der Waals surface area contributed by atoms with Gasteiger partial charge in [-0.05, 0) is 35.4 Å². The van der Waals surface area contributed by atoms with Gasteiger partial charge in [-0.3, -0.25) is 0 Å². The lowest BCUT2D eigenvalue weighted by atomic mass is 10.2. The number of anilines is 1. The molecule has 0 radical (unpaired) electrons. The van der Waals surface area contributed by atoms with E-state index < -0.39 is 6.10 Å². The summed E-state index contributed by atoms with van der Waals surface area (Å²) in [5, 5.41) is 14.0. The molecule has 1 unspecified atom stereocenters. The molecular formula is C25H27N3O3. The number of methoxy groups -OCH3 is 1. The van der Waals surface area contributed by atoms with Crippen LogP contribution in [0.25, 0.3) is 11.0 Å². The van der Waals surface area contributed by atoms with Crippen LogP contribution >= 0.6 is 0 Å². The number of benzene rings is 3. The molecular weight excluding hydrogens is 390 g/mol. The summed E-state index contributed by atoms with van der Waals surface area (Å²) in [5.74, 6) is 1.55. The third-order valence-electron chi connectivity index (χ3n) is 5.08. The summed E-state index contributed by atoms with van der Waals surface area (Å²) in [4.78, 5) is 4.71. The van der Waals surface area contributed by atoms with Gasteiger partial charge in [0.1, 0.15) is 5.75 Å². The normalized spacial score (nSPS) is 12.1. The lowest BCUT2D eigenvalue weighted by Gasteiger charge is -2.16. The number of nitrogens with one attached hydrogen (secondary N) is 1. The Morgan fingerprint density at radius 1 is 0.935 bits per heavy atom. The second kappa shape index (κ2) is 10.1. The van der Waals surface area contributed by atoms with E-state index in [2.05, 4.69) is 17.4 Å². The van der Waals surface area contributed by atoms with Gasteiger partial charge in [0.05, 0.1) is 44.0 Å². The second-order valence-corrected chi connectivity index (χ2v) is 7.39. The molecule has 0 aliphatic heterocycles. The van der Waals surface area contributed by atoms with Crippen molar-refractivity contribution in [3.63, 3.8) is 0 Å². The number of aliphatic hydroxyl groups is 1. The highest BCUT2D eigenvalue weighted by molar-refractivity contribution is 5.78. The molecule has 0 fully saturated rings. The van der Waals surface area contributed by atoms with Crippen LogP contribution in [0.2, 0.25) is 0 Å². The summed E-state index contributed by atoms with van der Waals surface area (Å²) >= 11 is 0. The maximum absolute atomic E-state index is 10.6. The zero-order valence-electron chi connectivity index (χ0n) is 17.6. The maximum Gasteiger partial charge on any atom is 0.204 e. The number of imidazole rings is 1. The summed E-state index contributed by atoms with van der Waals surface area (Å²) in [7, 11) is 1.64. The Bertz CT molecular complexity index is 1090. The molecule has 4 aromatic rings. The van der Waals surface area contributed by atoms with E-state index in [1.54, 1.807) is 7.11 Å². The zero-order valence-corrected chi connectivity index (χ0v) is 17.6. The summed E-state index contributed by atoms with van der Waals surface area (Å²) in [5.41, 5.74) is 4.08. The average molecular weight is 418 g/mol. The lowest BCUT2D eigenvalue weighted by Crippen LogP contribution is -2.23. The number of aliphatic hydroxyl groups excluding tert-OH is 1. The Hall–Kier alpha value is -3.35. The first kappa shape index (κ1) is 20.9. The van der Waals surface area contributed by atoms with Crippen LogP contribution in [-0.4, -0.2) is 34.5 Å². The number of fused-ring (bicyclic) bond motifs is 1. The van der Waals surface area contributed by atoms with Crippen molar-refractivity contribution in [2.75, 3.05) is 19.0 Å². The van der Waals surface area contributed by atoms with Gasteiger partial charge in [-0.15, -0.1) is 0 Å². The van der Waals surface area contributed by atoms with E-state index in [1.165, 1.54) is 5.56 Å². The van der Waals surface area contributed by atoms with Crippen molar-refractivity contribution in [3.8, 4) is 5.75 Å². The molecule has 3 aromatic carbocycles. The topological polar surface area (TPSA) is 68.5 Å². The lowest BCUT2D eigenvalue weighted by molar-refractivity contribution is 0.0211. The van der Waals surface area contributed by atoms with Crippen molar-refractivity contribution in [1.82, 2.24) is 9.55 Å². The molecule has 0 spiro atoms. The Morgan fingerprint density at radius 2 is 1.68 bits per heavy atom. The molecule has 0 aliphatic carbocycles. The van der Waals surface area contributed by atoms with Crippen molar-refractivity contribution in [3.05, 3.63) is 90.0 Å². The molecule has 0 bridgehead atoms. The van der Waals surface area contributed by atoms with Crippen LogP contribution in [-0.2, 0) is 24.4 Å². The first-order valence-corrected chi connectivity index (χ1v) is 10.3. The third-order valence-corrected chi connectivity index (χ3v) is 5.08. The quantitative estimate of drug-likeness (QED) is 0.404. The Kier molecular flexibility index (Phi) is 6.82. The van der Waals surface area contributed by atoms with Gasteiger partial charge in [0.25, 0.3) is 0 Å². The third kappa shape index (κ3) is 5.42. The molecule has 6 heteroatoms. The van der Waals surface area contributed by atoms with Gasteiger partial charge in [0.2, 0.25) is 5.95 Å². The minimum atomic E-state index is -0.659. The first-order chi connectivity index (χ1) is 15.2. The molecule has 0 saturated carbocycles. The molecule has 1 heterocycles. The van der Waals surface area contributed by atoms with Gasteiger partial charge in [-0.25, -0.2) is 4.98 Å². The van der Waals surface area contributed by atoms with E-state index in [4.69, 9.17) is 14.5 Å².